The minimum Gasteiger partial charge on any atom is -0.467 e. The summed E-state index contributed by atoms with van der Waals surface area (Å²) in [5, 5.41) is 25.3. The number of esters is 1. The zero-order chi connectivity index (χ0) is 24.8. The maximum Gasteiger partial charge on any atom is 0.330 e. The molecular formula is C22H28N4O7S. The zero-order valence-electron chi connectivity index (χ0n) is 18.6. The van der Waals surface area contributed by atoms with E-state index in [0.717, 1.165) is 18.0 Å². The number of aliphatic hydroxyl groups excluding tert-OH is 2. The molecule has 1 fully saturated rings. The number of fused-ring (bicyclic) bond motifs is 1. The van der Waals surface area contributed by atoms with Gasteiger partial charge in [0.2, 0.25) is 5.91 Å². The van der Waals surface area contributed by atoms with Gasteiger partial charge in [-0.05, 0) is 25.0 Å². The molecule has 1 aromatic heterocycles. The predicted molar refractivity (Wildman–Crippen MR) is 125 cm³/mol. The molecule has 1 saturated heterocycles. The molecular weight excluding hydrogens is 464 g/mol. The number of thiol groups is 1. The number of H-pyrrole nitrogens is 1. The van der Waals surface area contributed by atoms with Gasteiger partial charge in [0.25, 0.3) is 11.8 Å². The molecule has 0 unspecified atom stereocenters. The van der Waals surface area contributed by atoms with Crippen LogP contribution < -0.4 is 10.6 Å². The smallest absolute Gasteiger partial charge is 0.330 e. The average Bonchev–Trinajstić information content (AvgIpc) is 3.51. The van der Waals surface area contributed by atoms with Gasteiger partial charge in [0, 0.05) is 23.2 Å². The maximum absolute atomic E-state index is 13.1. The second-order valence-electron chi connectivity index (χ2n) is 7.94. The predicted octanol–water partition coefficient (Wildman–Crippen LogP) is -0.802. The molecule has 0 spiro atoms. The third-order valence-electron chi connectivity index (χ3n) is 5.74. The highest BCUT2D eigenvalue weighted by atomic mass is 32.1. The van der Waals surface area contributed by atoms with Crippen molar-refractivity contribution in [3.63, 3.8) is 0 Å². The Morgan fingerprint density at radius 1 is 1.26 bits per heavy atom. The number of aliphatic hydroxyl groups is 2. The number of para-hydroxylation sites is 1. The lowest BCUT2D eigenvalue weighted by atomic mass is 10.1. The summed E-state index contributed by atoms with van der Waals surface area (Å²) in [5.74, 6) is -2.81. The summed E-state index contributed by atoms with van der Waals surface area (Å²) in [6.45, 7) is -0.339. The van der Waals surface area contributed by atoms with E-state index in [2.05, 4.69) is 33.0 Å². The second-order valence-corrected chi connectivity index (χ2v) is 8.30. The van der Waals surface area contributed by atoms with Gasteiger partial charge >= 0.3 is 5.97 Å². The lowest BCUT2D eigenvalue weighted by Gasteiger charge is -2.28. The third kappa shape index (κ3) is 5.51. The number of hydrogen-bond donors (Lipinski definition) is 6. The number of nitrogens with zero attached hydrogens (tertiary/aromatic N) is 1. The van der Waals surface area contributed by atoms with Crippen LogP contribution in [0, 0.1) is 0 Å². The molecule has 0 saturated carbocycles. The van der Waals surface area contributed by atoms with Gasteiger partial charge in [-0.3, -0.25) is 14.4 Å². The van der Waals surface area contributed by atoms with Crippen LogP contribution in [0.15, 0.2) is 30.3 Å². The molecule has 1 aromatic carbocycles. The molecule has 3 rings (SSSR count). The molecule has 184 valence electrons. The van der Waals surface area contributed by atoms with E-state index in [-0.39, 0.29) is 11.7 Å². The molecule has 1 aliphatic rings. The normalized spacial score (nSPS) is 18.2. The lowest BCUT2D eigenvalue weighted by molar-refractivity contribution is -0.148. The van der Waals surface area contributed by atoms with Gasteiger partial charge in [-0.1, -0.05) is 18.2 Å². The number of aromatic nitrogens is 1. The van der Waals surface area contributed by atoms with Crippen LogP contribution in [0.1, 0.15) is 23.3 Å². The number of methoxy groups -OCH3 is 1. The lowest BCUT2D eigenvalue weighted by Crippen LogP contribution is -2.57. The van der Waals surface area contributed by atoms with Crippen molar-refractivity contribution >= 4 is 47.2 Å². The number of carbonyl (C=O) groups excluding carboxylic acids is 4. The molecule has 3 amide bonds. The molecule has 2 aromatic rings. The molecule has 11 nitrogen and oxygen atoms in total. The van der Waals surface area contributed by atoms with E-state index < -0.39 is 48.6 Å². The maximum atomic E-state index is 13.1. The molecule has 5 N–H and O–H groups in total. The SMILES string of the molecule is COC(=O)[C@H](CO)NC(=O)[C@H](O)[C@H](CS)NC(=O)[C@@H]1CCCN1C(=O)c1cc2ccccc2[nH]1. The Hall–Kier alpha value is -3.09. The van der Waals surface area contributed by atoms with Crippen LogP contribution in [-0.2, 0) is 19.1 Å². The van der Waals surface area contributed by atoms with Gasteiger partial charge in [0.05, 0.1) is 19.8 Å². The number of benzene rings is 1. The second kappa shape index (κ2) is 11.4. The quantitative estimate of drug-likeness (QED) is 0.197. The van der Waals surface area contributed by atoms with Crippen LogP contribution in [0.4, 0.5) is 0 Å². The zero-order valence-corrected chi connectivity index (χ0v) is 19.5. The summed E-state index contributed by atoms with van der Waals surface area (Å²) in [6, 6.07) is 5.94. The van der Waals surface area contributed by atoms with E-state index >= 15 is 0 Å². The number of hydrogen-bond acceptors (Lipinski definition) is 8. The Kier molecular flexibility index (Phi) is 8.53. The first-order valence-electron chi connectivity index (χ1n) is 10.8. The summed E-state index contributed by atoms with van der Waals surface area (Å²) in [5.41, 5.74) is 1.17. The number of carbonyl (C=O) groups is 4. The van der Waals surface area contributed by atoms with Gasteiger partial charge in [-0.15, -0.1) is 0 Å². The molecule has 1 aliphatic heterocycles. The Morgan fingerprint density at radius 3 is 2.65 bits per heavy atom. The average molecular weight is 493 g/mol. The molecule has 0 radical (unpaired) electrons. The monoisotopic (exact) mass is 492 g/mol. The van der Waals surface area contributed by atoms with Crippen molar-refractivity contribution in [3.8, 4) is 0 Å². The van der Waals surface area contributed by atoms with Crippen LogP contribution in [-0.4, -0.2) is 94.0 Å². The highest BCUT2D eigenvalue weighted by Gasteiger charge is 2.38. The fourth-order valence-electron chi connectivity index (χ4n) is 3.89. The Bertz CT molecular complexity index is 1030. The molecule has 0 aliphatic carbocycles. The number of aromatic amines is 1. The van der Waals surface area contributed by atoms with Crippen LogP contribution in [0.3, 0.4) is 0 Å². The molecule has 4 atom stereocenters. The van der Waals surface area contributed by atoms with E-state index in [9.17, 15) is 29.4 Å². The van der Waals surface area contributed by atoms with Crippen LogP contribution >= 0.6 is 12.6 Å². The van der Waals surface area contributed by atoms with Crippen molar-refractivity contribution in [2.24, 2.45) is 0 Å². The summed E-state index contributed by atoms with van der Waals surface area (Å²) in [6.07, 6.45) is -0.705. The largest absolute Gasteiger partial charge is 0.467 e. The van der Waals surface area contributed by atoms with Crippen LogP contribution in [0.25, 0.3) is 10.9 Å². The highest BCUT2D eigenvalue weighted by Crippen LogP contribution is 2.23. The Balaban J connectivity index is 1.66. The summed E-state index contributed by atoms with van der Waals surface area (Å²) >= 11 is 4.11. The van der Waals surface area contributed by atoms with Crippen LogP contribution in [0.2, 0.25) is 0 Å². The first-order chi connectivity index (χ1) is 16.3. The van der Waals surface area contributed by atoms with Crippen molar-refractivity contribution in [2.45, 2.75) is 37.1 Å². The summed E-state index contributed by atoms with van der Waals surface area (Å²) in [7, 11) is 1.09. The Labute approximate surface area is 201 Å². The van der Waals surface area contributed by atoms with Crippen molar-refractivity contribution in [3.05, 3.63) is 36.0 Å². The number of likely N-dealkylation sites (tertiary alicyclic amines) is 1. The first kappa shape index (κ1) is 25.5. The minimum atomic E-state index is -1.75. The van der Waals surface area contributed by atoms with Gasteiger partial charge < -0.3 is 35.5 Å². The van der Waals surface area contributed by atoms with Crippen molar-refractivity contribution in [2.75, 3.05) is 26.0 Å². The van der Waals surface area contributed by atoms with Crippen molar-refractivity contribution < 1.29 is 34.1 Å². The van der Waals surface area contributed by atoms with E-state index in [1.165, 1.54) is 4.90 Å². The Morgan fingerprint density at radius 2 is 2.00 bits per heavy atom. The fourth-order valence-corrected chi connectivity index (χ4v) is 4.18. The highest BCUT2D eigenvalue weighted by molar-refractivity contribution is 7.80. The van der Waals surface area contributed by atoms with E-state index in [1.807, 2.05) is 24.3 Å². The summed E-state index contributed by atoms with van der Waals surface area (Å²) < 4.78 is 4.47. The standard InChI is InChI=1S/C22H28N4O7S/c1-33-22(32)15(10-27)24-20(30)18(28)16(11-34)25-19(29)17-7-4-8-26(17)21(31)14-9-12-5-2-3-6-13(12)23-14/h2-3,5-6,9,15-18,23,27-28,34H,4,7-8,10-11H2,1H3,(H,24,30)(H,25,29)/t15-,16-,17-,18+/m0/s1. The topological polar surface area (TPSA) is 161 Å². The van der Waals surface area contributed by atoms with E-state index in [1.54, 1.807) is 6.07 Å². The molecule has 34 heavy (non-hydrogen) atoms. The van der Waals surface area contributed by atoms with Crippen molar-refractivity contribution in [1.82, 2.24) is 20.5 Å². The minimum absolute atomic E-state index is 0.0922. The van der Waals surface area contributed by atoms with Gasteiger partial charge in [-0.25, -0.2) is 4.79 Å². The van der Waals surface area contributed by atoms with Gasteiger partial charge in [0.1, 0.15) is 11.7 Å². The van der Waals surface area contributed by atoms with Crippen molar-refractivity contribution in [1.29, 1.82) is 0 Å². The molecule has 12 heteroatoms. The molecule has 2 heterocycles. The van der Waals surface area contributed by atoms with Gasteiger partial charge in [0.15, 0.2) is 12.1 Å². The van der Waals surface area contributed by atoms with E-state index in [0.29, 0.717) is 25.1 Å². The number of amides is 3. The molecule has 0 bridgehead atoms. The van der Waals surface area contributed by atoms with Gasteiger partial charge in [-0.2, -0.15) is 12.6 Å². The first-order valence-corrected chi connectivity index (χ1v) is 11.4. The third-order valence-corrected chi connectivity index (χ3v) is 6.13. The number of rotatable bonds is 9. The fraction of sp³-hybridized carbons (Fsp3) is 0.455. The van der Waals surface area contributed by atoms with Crippen LogP contribution in [0.5, 0.6) is 0 Å². The number of nitrogens with one attached hydrogen (secondary N) is 3. The number of ether oxygens (including phenoxy) is 1. The van der Waals surface area contributed by atoms with E-state index in [4.69, 9.17) is 0 Å². The summed E-state index contributed by atoms with van der Waals surface area (Å²) in [4.78, 5) is 54.5.